The summed E-state index contributed by atoms with van der Waals surface area (Å²) in [5.74, 6) is 2.08. The summed E-state index contributed by atoms with van der Waals surface area (Å²) < 4.78 is 35.3. The molecule has 0 unspecified atom stereocenters. The Morgan fingerprint density at radius 2 is 1.75 bits per heavy atom. The fourth-order valence-electron chi connectivity index (χ4n) is 0.344. The van der Waals surface area contributed by atoms with Gasteiger partial charge in [0.15, 0.2) is 0 Å². The molecule has 64 valence electrons. The van der Waals surface area contributed by atoms with Gasteiger partial charge in [0.25, 0.3) is 0 Å². The SMILES string of the molecule is C#CC(=C)/C=C\C(=C)C(F)(F)F. The Labute approximate surface area is 69.1 Å². The predicted octanol–water partition coefficient (Wildman–Crippen LogP) is 2.85. The molecule has 0 aliphatic heterocycles. The molecule has 0 aromatic rings. The van der Waals surface area contributed by atoms with Crippen LogP contribution in [0.15, 0.2) is 36.5 Å². The summed E-state index contributed by atoms with van der Waals surface area (Å²) in [7, 11) is 0. The zero-order chi connectivity index (χ0) is 9.78. The van der Waals surface area contributed by atoms with Crippen LogP contribution < -0.4 is 0 Å². The molecule has 0 bridgehead atoms. The van der Waals surface area contributed by atoms with Crippen molar-refractivity contribution in [2.24, 2.45) is 0 Å². The summed E-state index contributed by atoms with van der Waals surface area (Å²) in [6.45, 7) is 6.11. The maximum Gasteiger partial charge on any atom is 0.415 e. The molecular weight excluding hydrogens is 165 g/mol. The molecule has 0 radical (unpaired) electrons. The van der Waals surface area contributed by atoms with Crippen molar-refractivity contribution in [2.45, 2.75) is 6.18 Å². The molecule has 3 heteroatoms. The average Bonchev–Trinajstić information content (AvgIpc) is 1.97. The van der Waals surface area contributed by atoms with E-state index in [9.17, 15) is 13.2 Å². The molecule has 0 aliphatic rings. The summed E-state index contributed by atoms with van der Waals surface area (Å²) in [5.41, 5.74) is -0.765. The summed E-state index contributed by atoms with van der Waals surface area (Å²) in [5, 5.41) is 0. The molecule has 0 amide bonds. The smallest absolute Gasteiger partial charge is 0.166 e. The molecule has 0 atom stereocenters. The number of allylic oxidation sites excluding steroid dienone is 4. The van der Waals surface area contributed by atoms with E-state index in [0.717, 1.165) is 12.2 Å². The van der Waals surface area contributed by atoms with Crippen molar-refractivity contribution in [2.75, 3.05) is 0 Å². The Hall–Kier alpha value is -1.43. The lowest BCUT2D eigenvalue weighted by Gasteiger charge is -2.03. The van der Waals surface area contributed by atoms with E-state index in [0.29, 0.717) is 0 Å². The van der Waals surface area contributed by atoms with Gasteiger partial charge < -0.3 is 0 Å². The summed E-state index contributed by atoms with van der Waals surface area (Å²) in [6, 6.07) is 0. The van der Waals surface area contributed by atoms with Crippen molar-refractivity contribution in [1.82, 2.24) is 0 Å². The third-order valence-electron chi connectivity index (χ3n) is 1.04. The van der Waals surface area contributed by atoms with E-state index in [1.807, 2.05) is 0 Å². The maximum atomic E-state index is 11.8. The first-order chi connectivity index (χ1) is 5.38. The molecule has 0 saturated carbocycles. The van der Waals surface area contributed by atoms with Crippen molar-refractivity contribution in [3.63, 3.8) is 0 Å². The number of halogens is 3. The van der Waals surface area contributed by atoms with E-state index >= 15 is 0 Å². The van der Waals surface area contributed by atoms with Crippen LogP contribution in [0.1, 0.15) is 0 Å². The molecule has 0 spiro atoms. The van der Waals surface area contributed by atoms with Crippen molar-refractivity contribution < 1.29 is 13.2 Å². The third-order valence-corrected chi connectivity index (χ3v) is 1.04. The Morgan fingerprint density at radius 3 is 2.08 bits per heavy atom. The van der Waals surface area contributed by atoms with Crippen LogP contribution >= 0.6 is 0 Å². The van der Waals surface area contributed by atoms with Gasteiger partial charge in [0.05, 0.1) is 0 Å². The van der Waals surface area contributed by atoms with Gasteiger partial charge in [0.2, 0.25) is 0 Å². The van der Waals surface area contributed by atoms with Gasteiger partial charge in [-0.25, -0.2) is 0 Å². The van der Waals surface area contributed by atoms with Crippen LogP contribution in [0.5, 0.6) is 0 Å². The molecule has 0 nitrogen and oxygen atoms in total. The molecule has 0 heterocycles. The second-order valence-corrected chi connectivity index (χ2v) is 2.03. The lowest BCUT2D eigenvalue weighted by atomic mass is 10.2. The molecular formula is C9H7F3. The number of rotatable bonds is 2. The standard InChI is InChI=1S/C9H7F3/c1-4-7(2)5-6-8(3)9(10,11)12/h1,5-6H,2-3H2/b6-5-. The lowest BCUT2D eigenvalue weighted by molar-refractivity contribution is -0.0878. The molecule has 0 aromatic carbocycles. The van der Waals surface area contributed by atoms with Gasteiger partial charge in [-0.3, -0.25) is 0 Å². The number of hydrogen-bond donors (Lipinski definition) is 0. The molecule has 0 rings (SSSR count). The average molecular weight is 172 g/mol. The highest BCUT2D eigenvalue weighted by Gasteiger charge is 2.29. The topological polar surface area (TPSA) is 0 Å². The van der Waals surface area contributed by atoms with Crippen LogP contribution in [0, 0.1) is 12.3 Å². The maximum absolute atomic E-state index is 11.8. The highest BCUT2D eigenvalue weighted by Crippen LogP contribution is 2.24. The molecule has 0 fully saturated rings. The van der Waals surface area contributed by atoms with E-state index in [2.05, 4.69) is 19.1 Å². The molecule has 0 N–H and O–H groups in total. The Bertz CT molecular complexity index is 260. The third kappa shape index (κ3) is 3.67. The summed E-state index contributed by atoms with van der Waals surface area (Å²) in [6.07, 6.45) is 2.35. The van der Waals surface area contributed by atoms with Crippen molar-refractivity contribution >= 4 is 0 Å². The highest BCUT2D eigenvalue weighted by atomic mass is 19.4. The number of terminal acetylenes is 1. The van der Waals surface area contributed by atoms with Crippen LogP contribution in [-0.2, 0) is 0 Å². The van der Waals surface area contributed by atoms with Crippen molar-refractivity contribution in [1.29, 1.82) is 0 Å². The minimum absolute atomic E-state index is 0.181. The fourth-order valence-corrected chi connectivity index (χ4v) is 0.344. The second kappa shape index (κ2) is 3.82. The normalized spacial score (nSPS) is 11.2. The molecule has 12 heavy (non-hydrogen) atoms. The zero-order valence-electron chi connectivity index (χ0n) is 6.28. The predicted molar refractivity (Wildman–Crippen MR) is 42.3 cm³/mol. The van der Waals surface area contributed by atoms with Crippen LogP contribution in [-0.4, -0.2) is 6.18 Å². The van der Waals surface area contributed by atoms with Crippen LogP contribution in [0.25, 0.3) is 0 Å². The quantitative estimate of drug-likeness (QED) is 0.443. The van der Waals surface area contributed by atoms with Gasteiger partial charge in [-0.15, -0.1) is 6.42 Å². The largest absolute Gasteiger partial charge is 0.415 e. The van der Waals surface area contributed by atoms with Crippen LogP contribution in [0.3, 0.4) is 0 Å². The van der Waals surface area contributed by atoms with Crippen LogP contribution in [0.4, 0.5) is 13.2 Å². The second-order valence-electron chi connectivity index (χ2n) is 2.03. The molecule has 0 saturated heterocycles. The highest BCUT2D eigenvalue weighted by molar-refractivity contribution is 5.37. The first kappa shape index (κ1) is 10.6. The monoisotopic (exact) mass is 172 g/mol. The molecule has 0 aliphatic carbocycles. The zero-order valence-corrected chi connectivity index (χ0v) is 6.28. The summed E-state index contributed by atoms with van der Waals surface area (Å²) in [4.78, 5) is 0. The fraction of sp³-hybridized carbons (Fsp3) is 0.111. The van der Waals surface area contributed by atoms with E-state index in [1.54, 1.807) is 0 Å². The minimum Gasteiger partial charge on any atom is -0.166 e. The first-order valence-electron chi connectivity index (χ1n) is 2.97. The van der Waals surface area contributed by atoms with Gasteiger partial charge >= 0.3 is 6.18 Å². The Morgan fingerprint density at radius 1 is 1.25 bits per heavy atom. The van der Waals surface area contributed by atoms with E-state index < -0.39 is 11.7 Å². The Balaban J connectivity index is 4.32. The van der Waals surface area contributed by atoms with Crippen molar-refractivity contribution in [3.8, 4) is 12.3 Å². The van der Waals surface area contributed by atoms with E-state index in [-0.39, 0.29) is 5.57 Å². The Kier molecular flexibility index (Phi) is 3.36. The van der Waals surface area contributed by atoms with Gasteiger partial charge in [0.1, 0.15) is 0 Å². The first-order valence-corrected chi connectivity index (χ1v) is 2.97. The van der Waals surface area contributed by atoms with Gasteiger partial charge in [0, 0.05) is 11.1 Å². The van der Waals surface area contributed by atoms with Crippen molar-refractivity contribution in [3.05, 3.63) is 36.5 Å². The number of hydrogen-bond acceptors (Lipinski definition) is 0. The molecule has 0 aromatic heterocycles. The summed E-state index contributed by atoms with van der Waals surface area (Å²) >= 11 is 0. The lowest BCUT2D eigenvalue weighted by Crippen LogP contribution is -2.08. The van der Waals surface area contributed by atoms with Gasteiger partial charge in [-0.05, 0) is 12.2 Å². The van der Waals surface area contributed by atoms with E-state index in [1.165, 1.54) is 0 Å². The van der Waals surface area contributed by atoms with Crippen LogP contribution in [0.2, 0.25) is 0 Å². The van der Waals surface area contributed by atoms with Gasteiger partial charge in [-0.1, -0.05) is 19.1 Å². The van der Waals surface area contributed by atoms with Gasteiger partial charge in [-0.2, -0.15) is 13.2 Å². The van der Waals surface area contributed by atoms with E-state index in [4.69, 9.17) is 6.42 Å². The minimum atomic E-state index is -4.40. The number of alkyl halides is 3.